The van der Waals surface area contributed by atoms with E-state index in [1.165, 1.54) is 6.92 Å². The maximum absolute atomic E-state index is 11.0. The zero-order valence-electron chi connectivity index (χ0n) is 11.1. The van der Waals surface area contributed by atoms with Gasteiger partial charge in [-0.25, -0.2) is 4.79 Å². The molecule has 2 rings (SSSR count). The molecule has 1 aliphatic carbocycles. The van der Waals surface area contributed by atoms with Crippen LogP contribution in [0.1, 0.15) is 25.3 Å². The van der Waals surface area contributed by atoms with Gasteiger partial charge in [0, 0.05) is 19.1 Å². The molecule has 0 amide bonds. The molecular weight excluding hydrogens is 301 g/mol. The van der Waals surface area contributed by atoms with Gasteiger partial charge in [-0.2, -0.15) is 0 Å². The minimum Gasteiger partial charge on any atom is -0.479 e. The number of carboxylic acids is 1. The van der Waals surface area contributed by atoms with Crippen molar-refractivity contribution in [2.24, 2.45) is 0 Å². The number of carbonyl (C=O) groups is 1. The molecular formula is C14H17Cl2NO3. The van der Waals surface area contributed by atoms with Gasteiger partial charge in [0.05, 0.1) is 10.0 Å². The highest BCUT2D eigenvalue weighted by Gasteiger charge is 2.38. The van der Waals surface area contributed by atoms with Gasteiger partial charge in [0.1, 0.15) is 0 Å². The molecule has 1 aromatic rings. The first-order chi connectivity index (χ1) is 9.29. The Morgan fingerprint density at radius 2 is 2.05 bits per heavy atom. The second-order valence-electron chi connectivity index (χ2n) is 5.46. The molecule has 0 spiro atoms. The van der Waals surface area contributed by atoms with Crippen molar-refractivity contribution in [1.29, 1.82) is 0 Å². The molecule has 1 aromatic carbocycles. The van der Waals surface area contributed by atoms with Gasteiger partial charge in [-0.15, -0.1) is 0 Å². The van der Waals surface area contributed by atoms with Gasteiger partial charge >= 0.3 is 5.97 Å². The Hall–Kier alpha value is -0.810. The van der Waals surface area contributed by atoms with Crippen LogP contribution in [-0.2, 0) is 11.3 Å². The summed E-state index contributed by atoms with van der Waals surface area (Å²) in [6.07, 6.45) is 2.05. The zero-order chi connectivity index (χ0) is 14.9. The number of hydrogen-bond donors (Lipinski definition) is 2. The van der Waals surface area contributed by atoms with Gasteiger partial charge in [-0.05, 0) is 37.5 Å². The Kier molecular flexibility index (Phi) is 4.59. The van der Waals surface area contributed by atoms with E-state index >= 15 is 0 Å². The molecule has 20 heavy (non-hydrogen) atoms. The number of aliphatic hydroxyl groups is 1. The van der Waals surface area contributed by atoms with Crippen LogP contribution in [0.3, 0.4) is 0 Å². The number of halogens is 2. The van der Waals surface area contributed by atoms with Gasteiger partial charge in [0.25, 0.3) is 0 Å². The van der Waals surface area contributed by atoms with Gasteiger partial charge in [-0.3, -0.25) is 4.90 Å². The Bertz CT molecular complexity index is 515. The minimum atomic E-state index is -1.75. The van der Waals surface area contributed by atoms with Crippen LogP contribution in [0.15, 0.2) is 18.2 Å². The molecule has 1 atom stereocenters. The third kappa shape index (κ3) is 3.85. The van der Waals surface area contributed by atoms with E-state index in [4.69, 9.17) is 28.3 Å². The van der Waals surface area contributed by atoms with Crippen molar-refractivity contribution < 1.29 is 15.0 Å². The highest BCUT2D eigenvalue weighted by Crippen LogP contribution is 2.31. The van der Waals surface area contributed by atoms with E-state index in [0.717, 1.165) is 18.4 Å². The number of aliphatic carboxylic acids is 1. The fourth-order valence-electron chi connectivity index (χ4n) is 2.09. The molecule has 0 aromatic heterocycles. The Morgan fingerprint density at radius 1 is 1.40 bits per heavy atom. The summed E-state index contributed by atoms with van der Waals surface area (Å²) in [5, 5.41) is 19.9. The largest absolute Gasteiger partial charge is 0.479 e. The highest BCUT2D eigenvalue weighted by atomic mass is 35.5. The molecule has 4 nitrogen and oxygen atoms in total. The van der Waals surface area contributed by atoms with Crippen LogP contribution in [0.2, 0.25) is 10.0 Å². The molecule has 1 unspecified atom stereocenters. The summed E-state index contributed by atoms with van der Waals surface area (Å²) in [5.74, 6) is -1.21. The standard InChI is InChI=1S/C14H17Cl2NO3/c1-14(20,13(18)19)8-17(10-3-4-10)7-9-2-5-11(15)12(16)6-9/h2,5-6,10,20H,3-4,7-8H2,1H3,(H,18,19). The molecule has 0 radical (unpaired) electrons. The molecule has 0 bridgehead atoms. The lowest BCUT2D eigenvalue weighted by Gasteiger charge is -2.29. The Labute approximate surface area is 127 Å². The predicted molar refractivity (Wildman–Crippen MR) is 78.2 cm³/mol. The predicted octanol–water partition coefficient (Wildman–Crippen LogP) is 2.79. The second-order valence-corrected chi connectivity index (χ2v) is 6.28. The third-order valence-corrected chi connectivity index (χ3v) is 4.14. The second kappa shape index (κ2) is 5.90. The first-order valence-corrected chi connectivity index (χ1v) is 7.19. The van der Waals surface area contributed by atoms with Crippen molar-refractivity contribution in [3.05, 3.63) is 33.8 Å². The first-order valence-electron chi connectivity index (χ1n) is 6.43. The lowest BCUT2D eigenvalue weighted by Crippen LogP contribution is -2.47. The van der Waals surface area contributed by atoms with Crippen LogP contribution in [0.25, 0.3) is 0 Å². The smallest absolute Gasteiger partial charge is 0.336 e. The number of carboxylic acid groups (broad SMARTS) is 1. The van der Waals surface area contributed by atoms with Crippen molar-refractivity contribution in [2.45, 2.75) is 38.0 Å². The molecule has 6 heteroatoms. The average Bonchev–Trinajstić information content (AvgIpc) is 3.16. The molecule has 0 aliphatic heterocycles. The maximum Gasteiger partial charge on any atom is 0.336 e. The van der Waals surface area contributed by atoms with Crippen molar-refractivity contribution in [1.82, 2.24) is 4.90 Å². The quantitative estimate of drug-likeness (QED) is 0.847. The molecule has 1 fully saturated rings. The topological polar surface area (TPSA) is 60.8 Å². The zero-order valence-corrected chi connectivity index (χ0v) is 12.7. The van der Waals surface area contributed by atoms with Crippen LogP contribution >= 0.6 is 23.2 Å². The number of rotatable bonds is 6. The van der Waals surface area contributed by atoms with Gasteiger partial charge in [0.15, 0.2) is 5.60 Å². The SMILES string of the molecule is CC(O)(CN(Cc1ccc(Cl)c(Cl)c1)C1CC1)C(=O)O. The lowest BCUT2D eigenvalue weighted by molar-refractivity contribution is -0.158. The van der Waals surface area contributed by atoms with Crippen LogP contribution < -0.4 is 0 Å². The Morgan fingerprint density at radius 3 is 2.55 bits per heavy atom. The molecule has 1 aliphatic rings. The molecule has 0 heterocycles. The van der Waals surface area contributed by atoms with Crippen LogP contribution in [-0.4, -0.2) is 39.3 Å². The van der Waals surface area contributed by atoms with Crippen LogP contribution in [0.4, 0.5) is 0 Å². The van der Waals surface area contributed by atoms with Crippen molar-refractivity contribution >= 4 is 29.2 Å². The maximum atomic E-state index is 11.0. The monoisotopic (exact) mass is 317 g/mol. The van der Waals surface area contributed by atoms with Gasteiger partial charge in [-0.1, -0.05) is 29.3 Å². The number of benzene rings is 1. The van der Waals surface area contributed by atoms with E-state index in [2.05, 4.69) is 0 Å². The summed E-state index contributed by atoms with van der Waals surface area (Å²) in [5.41, 5.74) is -0.800. The minimum absolute atomic E-state index is 0.0905. The molecule has 110 valence electrons. The summed E-state index contributed by atoms with van der Waals surface area (Å²) in [4.78, 5) is 13.0. The fourth-order valence-corrected chi connectivity index (χ4v) is 2.41. The Balaban J connectivity index is 2.10. The van der Waals surface area contributed by atoms with E-state index in [0.29, 0.717) is 22.6 Å². The van der Waals surface area contributed by atoms with Crippen molar-refractivity contribution in [2.75, 3.05) is 6.54 Å². The van der Waals surface area contributed by atoms with Crippen LogP contribution in [0, 0.1) is 0 Å². The normalized spacial score (nSPS) is 18.1. The lowest BCUT2D eigenvalue weighted by atomic mass is 10.1. The van der Waals surface area contributed by atoms with Crippen LogP contribution in [0.5, 0.6) is 0 Å². The third-order valence-electron chi connectivity index (χ3n) is 3.40. The number of nitrogens with zero attached hydrogens (tertiary/aromatic N) is 1. The number of hydrogen-bond acceptors (Lipinski definition) is 3. The highest BCUT2D eigenvalue weighted by molar-refractivity contribution is 6.42. The van der Waals surface area contributed by atoms with E-state index in [1.54, 1.807) is 12.1 Å². The first kappa shape index (κ1) is 15.6. The molecule has 0 saturated heterocycles. The van der Waals surface area contributed by atoms with E-state index in [1.807, 2.05) is 11.0 Å². The average molecular weight is 318 g/mol. The van der Waals surface area contributed by atoms with Gasteiger partial charge < -0.3 is 10.2 Å². The van der Waals surface area contributed by atoms with E-state index in [-0.39, 0.29) is 6.54 Å². The van der Waals surface area contributed by atoms with Gasteiger partial charge in [0.2, 0.25) is 0 Å². The summed E-state index contributed by atoms with van der Waals surface area (Å²) >= 11 is 11.9. The van der Waals surface area contributed by atoms with E-state index in [9.17, 15) is 9.90 Å². The summed E-state index contributed by atoms with van der Waals surface area (Å²) in [6, 6.07) is 5.68. The fraction of sp³-hybridized carbons (Fsp3) is 0.500. The van der Waals surface area contributed by atoms with Crippen molar-refractivity contribution in [3.63, 3.8) is 0 Å². The summed E-state index contributed by atoms with van der Waals surface area (Å²) in [6.45, 7) is 1.96. The summed E-state index contributed by atoms with van der Waals surface area (Å²) in [7, 11) is 0. The summed E-state index contributed by atoms with van der Waals surface area (Å²) < 4.78 is 0. The molecule has 1 saturated carbocycles. The van der Waals surface area contributed by atoms with Crippen molar-refractivity contribution in [3.8, 4) is 0 Å². The van der Waals surface area contributed by atoms with E-state index < -0.39 is 11.6 Å². The molecule has 2 N–H and O–H groups in total.